The molecule has 2 aromatic carbocycles. The number of aryl methyl sites for hydroxylation is 1. The van der Waals surface area contributed by atoms with Crippen molar-refractivity contribution < 1.29 is 42.4 Å². The van der Waals surface area contributed by atoms with E-state index in [1.54, 1.807) is 26.0 Å². The molecule has 206 valence electrons. The highest BCUT2D eigenvalue weighted by Gasteiger charge is 2.59. The molecule has 0 radical (unpaired) electrons. The van der Waals surface area contributed by atoms with E-state index in [4.69, 9.17) is 32.8 Å². The Labute approximate surface area is 223 Å². The molecule has 5 rings (SSSR count). The van der Waals surface area contributed by atoms with Crippen molar-refractivity contribution in [2.24, 2.45) is 0 Å². The minimum Gasteiger partial charge on any atom is -0.460 e. The summed E-state index contributed by atoms with van der Waals surface area (Å²) in [4.78, 5) is 37.0. The molecule has 0 aliphatic carbocycles. The van der Waals surface area contributed by atoms with Crippen LogP contribution in [0.1, 0.15) is 31.9 Å². The quantitative estimate of drug-likeness (QED) is 0.337. The number of ether oxygens (including phenoxy) is 6. The fourth-order valence-electron chi connectivity index (χ4n) is 4.92. The van der Waals surface area contributed by atoms with Crippen LogP contribution < -0.4 is 15.7 Å². The van der Waals surface area contributed by atoms with Crippen LogP contribution >= 0.6 is 0 Å². The first-order chi connectivity index (χ1) is 18.7. The molecule has 0 bridgehead atoms. The van der Waals surface area contributed by atoms with Gasteiger partial charge in [-0.05, 0) is 44.0 Å². The molecule has 1 aromatic heterocycles. The molecule has 3 heterocycles. The lowest BCUT2D eigenvalue weighted by molar-refractivity contribution is -0.282. The third-order valence-electron chi connectivity index (χ3n) is 6.72. The number of methoxy groups -OCH3 is 1. The summed E-state index contributed by atoms with van der Waals surface area (Å²) in [5, 5.41) is 3.01. The van der Waals surface area contributed by atoms with Gasteiger partial charge in [-0.2, -0.15) is 0 Å². The van der Waals surface area contributed by atoms with Gasteiger partial charge in [-0.25, -0.2) is 14.4 Å². The summed E-state index contributed by atoms with van der Waals surface area (Å²) < 4.78 is 39.4. The van der Waals surface area contributed by atoms with E-state index in [2.05, 4.69) is 5.32 Å². The molecular formula is C28H29NO10. The van der Waals surface area contributed by atoms with Crippen molar-refractivity contribution in [3.63, 3.8) is 0 Å². The molecule has 0 spiro atoms. The summed E-state index contributed by atoms with van der Waals surface area (Å²) in [6.07, 6.45) is -4.33. The van der Waals surface area contributed by atoms with Crippen molar-refractivity contribution in [2.45, 2.75) is 64.0 Å². The first-order valence-electron chi connectivity index (χ1n) is 12.5. The number of anilines is 1. The predicted octanol–water partition coefficient (Wildman–Crippen LogP) is 4.54. The maximum absolute atomic E-state index is 12.8. The Kier molecular flexibility index (Phi) is 7.19. The Bertz CT molecular complexity index is 1430. The number of hydrogen-bond donors (Lipinski definition) is 1. The van der Waals surface area contributed by atoms with Gasteiger partial charge in [-0.15, -0.1) is 0 Å². The topological polar surface area (TPSA) is 132 Å². The van der Waals surface area contributed by atoms with Crippen molar-refractivity contribution in [3.05, 3.63) is 70.1 Å². The molecule has 0 saturated carbocycles. The molecule has 2 aliphatic heterocycles. The second-order valence-electron chi connectivity index (χ2n) is 9.73. The second-order valence-corrected chi connectivity index (χ2v) is 9.73. The Morgan fingerprint density at radius 1 is 1.05 bits per heavy atom. The molecule has 2 aliphatic rings. The van der Waals surface area contributed by atoms with Gasteiger partial charge in [0.15, 0.2) is 6.10 Å². The van der Waals surface area contributed by atoms with E-state index in [1.165, 1.54) is 13.2 Å². The fourth-order valence-corrected chi connectivity index (χ4v) is 4.92. The smallest absolute Gasteiger partial charge is 0.460 e. The van der Waals surface area contributed by atoms with E-state index in [9.17, 15) is 14.4 Å². The summed E-state index contributed by atoms with van der Waals surface area (Å²) in [6, 6.07) is 14.1. The summed E-state index contributed by atoms with van der Waals surface area (Å²) in [6.45, 7) is 5.54. The number of nitrogens with one attached hydrogen (secondary N) is 1. The molecule has 1 N–H and O–H groups in total. The van der Waals surface area contributed by atoms with Crippen molar-refractivity contribution in [1.29, 1.82) is 0 Å². The number of carbonyl (C=O) groups excluding carboxylic acids is 2. The van der Waals surface area contributed by atoms with Crippen LogP contribution in [0.3, 0.4) is 0 Å². The van der Waals surface area contributed by atoms with Crippen LogP contribution in [0.4, 0.5) is 15.3 Å². The highest BCUT2D eigenvalue weighted by molar-refractivity contribution is 5.89. The van der Waals surface area contributed by atoms with Crippen LogP contribution in [-0.4, -0.2) is 49.6 Å². The Morgan fingerprint density at radius 3 is 2.51 bits per heavy atom. The number of rotatable bonds is 7. The van der Waals surface area contributed by atoms with E-state index in [0.29, 0.717) is 28.7 Å². The summed E-state index contributed by atoms with van der Waals surface area (Å²) in [5.41, 5.74) is 0.0371. The van der Waals surface area contributed by atoms with E-state index < -0.39 is 48.1 Å². The third kappa shape index (κ3) is 5.27. The molecular weight excluding hydrogens is 510 g/mol. The standard InChI is InChI=1S/C28H29NO10/c1-5-17-19(35-25-22-21(37-27(32)38-22)23(33-4)28(2,3)39-25)12-11-16-13-18(24(30)36-20(16)17)29-26(31)34-14-15-9-7-6-8-10-15/h6-13,21-23,25H,5,14H2,1-4H3,(H,29,31)/t21-,22+,23+,25+/m0/s1. The molecule has 2 fully saturated rings. The Morgan fingerprint density at radius 2 is 1.79 bits per heavy atom. The van der Waals surface area contributed by atoms with Crippen molar-refractivity contribution in [1.82, 2.24) is 0 Å². The van der Waals surface area contributed by atoms with Crippen LogP contribution in [-0.2, 0) is 36.7 Å². The number of carbonyl (C=O) groups is 2. The minimum absolute atomic E-state index is 0.0552. The van der Waals surface area contributed by atoms with Crippen LogP contribution in [0, 0.1) is 0 Å². The molecule has 4 atom stereocenters. The normalized spacial score (nSPS) is 23.4. The van der Waals surface area contributed by atoms with E-state index in [1.807, 2.05) is 37.3 Å². The second kappa shape index (κ2) is 10.6. The predicted molar refractivity (Wildman–Crippen MR) is 138 cm³/mol. The average molecular weight is 540 g/mol. The summed E-state index contributed by atoms with van der Waals surface area (Å²) in [5.74, 6) is 0.384. The number of benzene rings is 2. The third-order valence-corrected chi connectivity index (χ3v) is 6.72. The van der Waals surface area contributed by atoms with Crippen molar-refractivity contribution in [3.8, 4) is 5.75 Å². The zero-order chi connectivity index (χ0) is 27.7. The fraction of sp³-hybridized carbons (Fsp3) is 0.393. The number of hydrogen-bond acceptors (Lipinski definition) is 10. The van der Waals surface area contributed by atoms with Crippen LogP contribution in [0.15, 0.2) is 57.7 Å². The minimum atomic E-state index is -1.00. The highest BCUT2D eigenvalue weighted by Crippen LogP contribution is 2.39. The zero-order valence-corrected chi connectivity index (χ0v) is 21.9. The van der Waals surface area contributed by atoms with E-state index in [-0.39, 0.29) is 12.3 Å². The lowest BCUT2D eigenvalue weighted by Gasteiger charge is -2.45. The van der Waals surface area contributed by atoms with E-state index in [0.717, 1.165) is 5.56 Å². The molecule has 1 amide bonds. The maximum Gasteiger partial charge on any atom is 0.509 e. The molecule has 0 unspecified atom stereocenters. The van der Waals surface area contributed by atoms with Crippen molar-refractivity contribution in [2.75, 3.05) is 12.4 Å². The van der Waals surface area contributed by atoms with Gasteiger partial charge in [-0.3, -0.25) is 5.32 Å². The van der Waals surface area contributed by atoms with Crippen LogP contribution in [0.5, 0.6) is 5.75 Å². The molecule has 2 saturated heterocycles. The van der Waals surface area contributed by atoms with Gasteiger partial charge in [0.05, 0.1) is 5.60 Å². The van der Waals surface area contributed by atoms with Gasteiger partial charge >= 0.3 is 17.9 Å². The monoisotopic (exact) mass is 539 g/mol. The van der Waals surface area contributed by atoms with Gasteiger partial charge < -0.3 is 32.8 Å². The summed E-state index contributed by atoms with van der Waals surface area (Å²) in [7, 11) is 1.51. The highest BCUT2D eigenvalue weighted by atomic mass is 16.8. The van der Waals surface area contributed by atoms with Gasteiger partial charge in [0, 0.05) is 18.1 Å². The van der Waals surface area contributed by atoms with Crippen molar-refractivity contribution >= 4 is 28.9 Å². The molecule has 39 heavy (non-hydrogen) atoms. The van der Waals surface area contributed by atoms with Gasteiger partial charge in [0.1, 0.15) is 29.7 Å². The first-order valence-corrected chi connectivity index (χ1v) is 12.5. The molecule has 3 aromatic rings. The first kappa shape index (κ1) is 26.5. The Balaban J connectivity index is 1.37. The zero-order valence-electron chi connectivity index (χ0n) is 21.9. The number of fused-ring (bicyclic) bond motifs is 2. The summed E-state index contributed by atoms with van der Waals surface area (Å²) >= 11 is 0. The lowest BCUT2D eigenvalue weighted by atomic mass is 9.89. The maximum atomic E-state index is 12.8. The van der Waals surface area contributed by atoms with Crippen LogP contribution in [0.25, 0.3) is 11.0 Å². The SMILES string of the molecule is CCc1c(O[C@@H]2OC(C)(C)[C@H](OC)[C@H]3OC(=O)O[C@@H]23)ccc2cc(NC(=O)OCc3ccccc3)c(=O)oc12. The molecule has 11 nitrogen and oxygen atoms in total. The molecule has 11 heteroatoms. The average Bonchev–Trinajstić information content (AvgIpc) is 3.29. The van der Waals surface area contributed by atoms with Crippen LogP contribution in [0.2, 0.25) is 0 Å². The largest absolute Gasteiger partial charge is 0.509 e. The van der Waals surface area contributed by atoms with E-state index >= 15 is 0 Å². The number of amides is 1. The van der Waals surface area contributed by atoms with Gasteiger partial charge in [0.25, 0.3) is 0 Å². The van der Waals surface area contributed by atoms with Gasteiger partial charge in [-0.1, -0.05) is 37.3 Å². The Hall–Kier alpha value is -4.09. The lowest BCUT2D eigenvalue weighted by Crippen LogP contribution is -2.62. The van der Waals surface area contributed by atoms with Gasteiger partial charge in [0.2, 0.25) is 12.4 Å².